The number of halogens is 1. The van der Waals surface area contributed by atoms with E-state index in [4.69, 9.17) is 22.6 Å². The molecule has 2 aromatic rings. The number of guanidine groups is 1. The number of benzene rings is 2. The third kappa shape index (κ3) is 2.91. The molecule has 124 valence electrons. The highest BCUT2D eigenvalue weighted by Gasteiger charge is 2.37. The molecule has 0 fully saturated rings. The Hall–Kier alpha value is -3.37. The van der Waals surface area contributed by atoms with Gasteiger partial charge in [-0.2, -0.15) is 10.6 Å². The van der Waals surface area contributed by atoms with E-state index in [1.165, 1.54) is 6.07 Å². The van der Waals surface area contributed by atoms with E-state index < -0.39 is 11.8 Å². The van der Waals surface area contributed by atoms with Crippen LogP contribution in [0.3, 0.4) is 0 Å². The summed E-state index contributed by atoms with van der Waals surface area (Å²) in [5, 5.41) is 11.2. The van der Waals surface area contributed by atoms with Crippen molar-refractivity contribution in [1.29, 1.82) is 5.26 Å². The average Bonchev–Trinajstić information content (AvgIpc) is 2.79. The maximum atomic E-state index is 12.6. The van der Waals surface area contributed by atoms with Crippen LogP contribution >= 0.6 is 11.6 Å². The number of nitrogens with two attached hydrogens (primary N) is 1. The van der Waals surface area contributed by atoms with E-state index in [9.17, 15) is 9.59 Å². The predicted octanol–water partition coefficient (Wildman–Crippen LogP) is 0.547. The van der Waals surface area contributed by atoms with Gasteiger partial charge in [0.15, 0.2) is 0 Å². The zero-order chi connectivity index (χ0) is 18.1. The van der Waals surface area contributed by atoms with E-state index in [0.717, 1.165) is 4.90 Å². The first kappa shape index (κ1) is 16.5. The lowest BCUT2D eigenvalue weighted by molar-refractivity contribution is -0.357. The van der Waals surface area contributed by atoms with Crippen LogP contribution < -0.4 is 20.9 Å². The van der Waals surface area contributed by atoms with E-state index in [1.807, 2.05) is 0 Å². The molecule has 0 saturated heterocycles. The maximum Gasteiger partial charge on any atom is 0.360 e. The highest BCUT2D eigenvalue weighted by molar-refractivity contribution is 6.36. The van der Waals surface area contributed by atoms with Gasteiger partial charge in [0.05, 0.1) is 22.5 Å². The summed E-state index contributed by atoms with van der Waals surface area (Å²) in [7, 11) is 0. The third-order valence-corrected chi connectivity index (χ3v) is 3.99. The summed E-state index contributed by atoms with van der Waals surface area (Å²) < 4.78 is 0. The van der Waals surface area contributed by atoms with Crippen molar-refractivity contribution in [3.63, 3.8) is 0 Å². The second-order valence-electron chi connectivity index (χ2n) is 5.41. The molecule has 0 aromatic heterocycles. The van der Waals surface area contributed by atoms with Crippen molar-refractivity contribution in [2.24, 2.45) is 5.73 Å². The minimum Gasteiger partial charge on any atom is -0.290 e. The first-order valence-corrected chi connectivity index (χ1v) is 7.63. The number of anilines is 1. The summed E-state index contributed by atoms with van der Waals surface area (Å²) in [5.74, 6) is -0.730. The number of aryl methyl sites for hydroxylation is 1. The van der Waals surface area contributed by atoms with E-state index in [1.54, 1.807) is 43.4 Å². The van der Waals surface area contributed by atoms with E-state index in [0.29, 0.717) is 27.5 Å². The van der Waals surface area contributed by atoms with Crippen LogP contribution in [0.1, 0.15) is 26.3 Å². The van der Waals surface area contributed by atoms with Crippen molar-refractivity contribution in [3.05, 3.63) is 58.1 Å². The zero-order valence-corrected chi connectivity index (χ0v) is 13.9. The van der Waals surface area contributed by atoms with Gasteiger partial charge in [0.1, 0.15) is 0 Å². The maximum absolute atomic E-state index is 12.6. The van der Waals surface area contributed by atoms with Crippen LogP contribution in [-0.4, -0.2) is 17.8 Å². The van der Waals surface area contributed by atoms with Crippen LogP contribution in [0.25, 0.3) is 0 Å². The number of carbonyl (C=O) groups excluding carboxylic acids is 2. The van der Waals surface area contributed by atoms with E-state index in [2.05, 4.69) is 10.3 Å². The molecule has 4 N–H and O–H groups in total. The van der Waals surface area contributed by atoms with Crippen molar-refractivity contribution in [1.82, 2.24) is 5.32 Å². The van der Waals surface area contributed by atoms with Gasteiger partial charge in [0, 0.05) is 5.02 Å². The number of nitrogens with one attached hydrogen (secondary N) is 2. The van der Waals surface area contributed by atoms with Gasteiger partial charge in [-0.3, -0.25) is 15.3 Å². The van der Waals surface area contributed by atoms with Gasteiger partial charge in [-0.15, -0.1) is 0 Å². The topological polar surface area (TPSA) is 113 Å². The highest BCUT2D eigenvalue weighted by Crippen LogP contribution is 2.32. The Morgan fingerprint density at radius 3 is 2.60 bits per heavy atom. The van der Waals surface area contributed by atoms with Gasteiger partial charge >= 0.3 is 5.96 Å². The molecular formula is C17H13ClN5O2+. The monoisotopic (exact) mass is 354 g/mol. The highest BCUT2D eigenvalue weighted by atomic mass is 35.5. The quantitative estimate of drug-likeness (QED) is 0.239. The molecule has 0 unspecified atom stereocenters. The van der Waals surface area contributed by atoms with Crippen LogP contribution in [-0.2, 0) is 0 Å². The Bertz CT molecular complexity index is 977. The van der Waals surface area contributed by atoms with Gasteiger partial charge in [-0.25, -0.2) is 9.89 Å². The average molecular weight is 355 g/mol. The first-order chi connectivity index (χ1) is 11.9. The molecule has 0 aliphatic carbocycles. The molecule has 0 spiro atoms. The SMILES string of the molecule is Cc1cc([NH+]=C(N)NC#N)ccc1N1C(=O)c2ccc(Cl)cc2C1=O. The fraction of sp³-hybridized carbons (Fsp3) is 0.0588. The third-order valence-electron chi connectivity index (χ3n) is 3.76. The Kier molecular flexibility index (Phi) is 4.13. The fourth-order valence-corrected chi connectivity index (χ4v) is 2.84. The fourth-order valence-electron chi connectivity index (χ4n) is 2.66. The van der Waals surface area contributed by atoms with Gasteiger partial charge in [-0.1, -0.05) is 11.6 Å². The van der Waals surface area contributed by atoms with Crippen molar-refractivity contribution in [2.45, 2.75) is 6.92 Å². The molecule has 0 saturated carbocycles. The van der Waals surface area contributed by atoms with Crippen LogP contribution in [0.15, 0.2) is 36.4 Å². The molecule has 25 heavy (non-hydrogen) atoms. The largest absolute Gasteiger partial charge is 0.360 e. The van der Waals surface area contributed by atoms with Gasteiger partial charge in [0.25, 0.3) is 18.0 Å². The summed E-state index contributed by atoms with van der Waals surface area (Å²) in [4.78, 5) is 29.1. The smallest absolute Gasteiger partial charge is 0.290 e. The number of hydrogen-bond acceptors (Lipinski definition) is 3. The summed E-state index contributed by atoms with van der Waals surface area (Å²) >= 11 is 5.92. The lowest BCUT2D eigenvalue weighted by Crippen LogP contribution is -2.72. The number of carbonyl (C=O) groups is 2. The van der Waals surface area contributed by atoms with Crippen LogP contribution in [0.4, 0.5) is 11.4 Å². The lowest BCUT2D eigenvalue weighted by Gasteiger charge is -2.16. The molecule has 2 aromatic carbocycles. The molecule has 0 bridgehead atoms. The number of nitriles is 1. The molecule has 0 atom stereocenters. The standard InChI is InChI=1S/C17H12ClN5O2/c1-9-6-11(22-17(20)21-8-19)3-5-14(9)23-15(24)12-4-2-10(18)7-13(12)16(23)25/h2-7H,1H3,(H3,20,21,22)/p+1. The molecule has 7 nitrogen and oxygen atoms in total. The number of amides is 2. The Balaban J connectivity index is 1.99. The van der Waals surface area contributed by atoms with Gasteiger partial charge in [0.2, 0.25) is 0 Å². The van der Waals surface area contributed by atoms with E-state index in [-0.39, 0.29) is 11.5 Å². The molecule has 1 aliphatic rings. The minimum atomic E-state index is -0.413. The lowest BCUT2D eigenvalue weighted by atomic mass is 10.1. The Morgan fingerprint density at radius 2 is 1.92 bits per heavy atom. The predicted molar refractivity (Wildman–Crippen MR) is 92.3 cm³/mol. The van der Waals surface area contributed by atoms with Crippen molar-refractivity contribution in [2.75, 3.05) is 4.90 Å². The first-order valence-electron chi connectivity index (χ1n) is 7.26. The molecule has 3 rings (SSSR count). The van der Waals surface area contributed by atoms with Gasteiger partial charge < -0.3 is 0 Å². The Labute approximate surface area is 148 Å². The number of fused-ring (bicyclic) bond motifs is 1. The van der Waals surface area contributed by atoms with Gasteiger partial charge in [-0.05, 0) is 48.9 Å². The second-order valence-corrected chi connectivity index (χ2v) is 5.85. The summed E-state index contributed by atoms with van der Waals surface area (Å²) in [5.41, 5.74) is 7.97. The molecule has 1 heterocycles. The van der Waals surface area contributed by atoms with Crippen molar-refractivity contribution < 1.29 is 14.6 Å². The van der Waals surface area contributed by atoms with Crippen molar-refractivity contribution >= 4 is 40.7 Å². The summed E-state index contributed by atoms with van der Waals surface area (Å²) in [6.45, 7) is 1.77. The summed E-state index contributed by atoms with van der Waals surface area (Å²) in [6.07, 6.45) is 1.70. The zero-order valence-electron chi connectivity index (χ0n) is 13.1. The molecule has 2 amide bonds. The Morgan fingerprint density at radius 1 is 1.20 bits per heavy atom. The minimum absolute atomic E-state index is 0.0741. The molecule has 0 radical (unpaired) electrons. The number of hydrogen-bond donors (Lipinski definition) is 3. The van der Waals surface area contributed by atoms with Crippen LogP contribution in [0, 0.1) is 18.4 Å². The molecule has 1 aliphatic heterocycles. The number of nitrogens with zero attached hydrogens (tertiary/aromatic N) is 2. The molecular weight excluding hydrogens is 342 g/mol. The van der Waals surface area contributed by atoms with E-state index >= 15 is 0 Å². The second kappa shape index (κ2) is 6.26. The van der Waals surface area contributed by atoms with Crippen LogP contribution in [0.2, 0.25) is 5.02 Å². The summed E-state index contributed by atoms with van der Waals surface area (Å²) in [6, 6.07) is 9.64. The number of imide groups is 1. The normalized spacial score (nSPS) is 13.6. The van der Waals surface area contributed by atoms with Crippen molar-refractivity contribution in [3.8, 4) is 6.19 Å². The van der Waals surface area contributed by atoms with Crippen LogP contribution in [0.5, 0.6) is 0 Å². The number of rotatable bonds is 2. The molecule has 8 heteroatoms.